The molecular weight excluding hydrogens is 328 g/mol. The lowest BCUT2D eigenvalue weighted by molar-refractivity contribution is -0.122. The lowest BCUT2D eigenvalue weighted by Gasteiger charge is -2.14. The topological polar surface area (TPSA) is 97.1 Å². The maximum atomic E-state index is 12.1. The lowest BCUT2D eigenvalue weighted by atomic mass is 10.00. The minimum absolute atomic E-state index is 0.0429. The van der Waals surface area contributed by atoms with E-state index in [1.54, 1.807) is 18.3 Å². The average molecular weight is 352 g/mol. The first-order valence-electron chi connectivity index (χ1n) is 8.94. The number of anilines is 1. The Hall–Kier alpha value is -2.73. The molecule has 1 aliphatic carbocycles. The summed E-state index contributed by atoms with van der Waals surface area (Å²) in [5, 5.41) is 5.77. The number of rotatable bonds is 6. The van der Waals surface area contributed by atoms with Crippen LogP contribution in [0, 0.1) is 5.92 Å². The molecule has 0 saturated heterocycles. The zero-order valence-corrected chi connectivity index (χ0v) is 14.7. The van der Waals surface area contributed by atoms with Crippen molar-refractivity contribution in [1.82, 2.24) is 10.3 Å². The molecule has 2 aromatic rings. The third-order valence-corrected chi connectivity index (χ3v) is 4.79. The summed E-state index contributed by atoms with van der Waals surface area (Å²) in [6.45, 7) is 0.470. The molecule has 0 spiro atoms. The van der Waals surface area contributed by atoms with E-state index in [9.17, 15) is 9.59 Å². The van der Waals surface area contributed by atoms with Crippen LogP contribution in [0.1, 0.15) is 41.6 Å². The monoisotopic (exact) mass is 352 g/mol. The van der Waals surface area contributed by atoms with E-state index in [-0.39, 0.29) is 17.9 Å². The van der Waals surface area contributed by atoms with Crippen LogP contribution in [0.2, 0.25) is 0 Å². The van der Waals surface area contributed by atoms with Gasteiger partial charge in [0.1, 0.15) is 0 Å². The van der Waals surface area contributed by atoms with E-state index in [0.29, 0.717) is 30.1 Å². The van der Waals surface area contributed by atoms with Crippen molar-refractivity contribution in [3.63, 3.8) is 0 Å². The van der Waals surface area contributed by atoms with E-state index in [4.69, 9.17) is 5.73 Å². The normalized spacial score (nSPS) is 19.1. The number of hydrogen-bond acceptors (Lipinski definition) is 4. The van der Waals surface area contributed by atoms with Crippen molar-refractivity contribution >= 4 is 17.5 Å². The Morgan fingerprint density at radius 2 is 1.96 bits per heavy atom. The first-order valence-corrected chi connectivity index (χ1v) is 8.94. The first kappa shape index (κ1) is 18.1. The molecular formula is C20H24N4O2. The van der Waals surface area contributed by atoms with Gasteiger partial charge in [0.25, 0.3) is 5.91 Å². The van der Waals surface area contributed by atoms with Crippen LogP contribution in [0.5, 0.6) is 0 Å². The third kappa shape index (κ3) is 4.89. The molecule has 1 saturated carbocycles. The van der Waals surface area contributed by atoms with Gasteiger partial charge >= 0.3 is 0 Å². The molecule has 0 radical (unpaired) electrons. The Morgan fingerprint density at radius 3 is 2.62 bits per heavy atom. The maximum Gasteiger partial charge on any atom is 0.257 e. The van der Waals surface area contributed by atoms with Crippen LogP contribution in [-0.4, -0.2) is 22.8 Å². The molecule has 0 unspecified atom stereocenters. The quantitative estimate of drug-likeness (QED) is 0.744. The van der Waals surface area contributed by atoms with Gasteiger partial charge in [-0.25, -0.2) is 0 Å². The second kappa shape index (κ2) is 8.58. The highest BCUT2D eigenvalue weighted by molar-refractivity contribution is 6.03. The van der Waals surface area contributed by atoms with Crippen LogP contribution in [0.4, 0.5) is 5.69 Å². The Kier molecular flexibility index (Phi) is 5.96. The SMILES string of the molecule is N[C@@H]1CCC[C@H]1CC(=O)NCc1ccc(NC(=O)c2cccnc2)cc1. The van der Waals surface area contributed by atoms with Crippen molar-refractivity contribution in [2.45, 2.75) is 38.3 Å². The summed E-state index contributed by atoms with van der Waals surface area (Å²) < 4.78 is 0. The number of pyridine rings is 1. The van der Waals surface area contributed by atoms with Crippen molar-refractivity contribution in [3.05, 3.63) is 59.9 Å². The zero-order chi connectivity index (χ0) is 18.4. The smallest absolute Gasteiger partial charge is 0.257 e. The van der Waals surface area contributed by atoms with Gasteiger partial charge in [0, 0.05) is 37.1 Å². The molecule has 6 heteroatoms. The minimum atomic E-state index is -0.202. The van der Waals surface area contributed by atoms with Gasteiger partial charge in [-0.3, -0.25) is 14.6 Å². The summed E-state index contributed by atoms with van der Waals surface area (Å²) in [7, 11) is 0. The molecule has 0 bridgehead atoms. The summed E-state index contributed by atoms with van der Waals surface area (Å²) in [6.07, 6.45) is 6.82. The van der Waals surface area contributed by atoms with Crippen molar-refractivity contribution < 1.29 is 9.59 Å². The summed E-state index contributed by atoms with van der Waals surface area (Å²) in [5.41, 5.74) is 8.20. The largest absolute Gasteiger partial charge is 0.352 e. The van der Waals surface area contributed by atoms with Crippen molar-refractivity contribution in [3.8, 4) is 0 Å². The number of aromatic nitrogens is 1. The number of benzene rings is 1. The van der Waals surface area contributed by atoms with Gasteiger partial charge in [-0.15, -0.1) is 0 Å². The highest BCUT2D eigenvalue weighted by Crippen LogP contribution is 2.26. The van der Waals surface area contributed by atoms with E-state index in [1.165, 1.54) is 6.20 Å². The van der Waals surface area contributed by atoms with Gasteiger partial charge < -0.3 is 16.4 Å². The number of carbonyl (C=O) groups excluding carboxylic acids is 2. The number of hydrogen-bond donors (Lipinski definition) is 3. The molecule has 1 aliphatic rings. The predicted octanol–water partition coefficient (Wildman–Crippen LogP) is 2.47. The molecule has 136 valence electrons. The maximum absolute atomic E-state index is 12.1. The van der Waals surface area contributed by atoms with Crippen LogP contribution >= 0.6 is 0 Å². The fourth-order valence-electron chi connectivity index (χ4n) is 3.24. The molecule has 2 amide bonds. The van der Waals surface area contributed by atoms with Gasteiger partial charge in [0.2, 0.25) is 5.91 Å². The van der Waals surface area contributed by atoms with Gasteiger partial charge in [-0.1, -0.05) is 18.6 Å². The molecule has 1 fully saturated rings. The van der Waals surface area contributed by atoms with E-state index in [2.05, 4.69) is 15.6 Å². The van der Waals surface area contributed by atoms with E-state index >= 15 is 0 Å². The van der Waals surface area contributed by atoms with Crippen LogP contribution in [-0.2, 0) is 11.3 Å². The van der Waals surface area contributed by atoms with E-state index < -0.39 is 0 Å². The molecule has 2 atom stereocenters. The zero-order valence-electron chi connectivity index (χ0n) is 14.7. The summed E-state index contributed by atoms with van der Waals surface area (Å²) in [4.78, 5) is 28.1. The number of amides is 2. The summed E-state index contributed by atoms with van der Waals surface area (Å²) in [6, 6.07) is 11.0. The Bertz CT molecular complexity index is 746. The third-order valence-electron chi connectivity index (χ3n) is 4.79. The molecule has 1 heterocycles. The Balaban J connectivity index is 1.47. The number of nitrogens with zero attached hydrogens (tertiary/aromatic N) is 1. The highest BCUT2D eigenvalue weighted by atomic mass is 16.2. The lowest BCUT2D eigenvalue weighted by Crippen LogP contribution is -2.31. The fourth-order valence-corrected chi connectivity index (χ4v) is 3.24. The van der Waals surface area contributed by atoms with Crippen LogP contribution < -0.4 is 16.4 Å². The molecule has 6 nitrogen and oxygen atoms in total. The molecule has 1 aromatic carbocycles. The van der Waals surface area contributed by atoms with Crippen LogP contribution in [0.25, 0.3) is 0 Å². The highest BCUT2D eigenvalue weighted by Gasteiger charge is 2.25. The number of nitrogens with one attached hydrogen (secondary N) is 2. The standard InChI is InChI=1S/C20H24N4O2/c21-18-5-1-3-15(18)11-19(25)23-12-14-6-8-17(9-7-14)24-20(26)16-4-2-10-22-13-16/h2,4,6-10,13,15,18H,1,3,5,11-12,21H2,(H,23,25)(H,24,26)/t15-,18+/m0/s1. The Labute approximate surface area is 153 Å². The fraction of sp³-hybridized carbons (Fsp3) is 0.350. The van der Waals surface area contributed by atoms with Gasteiger partial charge in [0.15, 0.2) is 0 Å². The summed E-state index contributed by atoms with van der Waals surface area (Å²) >= 11 is 0. The van der Waals surface area contributed by atoms with E-state index in [1.807, 2.05) is 24.3 Å². The summed E-state index contributed by atoms with van der Waals surface area (Å²) in [5.74, 6) is 0.147. The molecule has 3 rings (SSSR count). The second-order valence-electron chi connectivity index (χ2n) is 6.73. The first-order chi connectivity index (χ1) is 12.6. The number of nitrogens with two attached hydrogens (primary N) is 1. The van der Waals surface area contributed by atoms with Crippen molar-refractivity contribution in [2.75, 3.05) is 5.32 Å². The molecule has 1 aromatic heterocycles. The number of carbonyl (C=O) groups is 2. The second-order valence-corrected chi connectivity index (χ2v) is 6.73. The van der Waals surface area contributed by atoms with Crippen LogP contribution in [0.15, 0.2) is 48.8 Å². The molecule has 4 N–H and O–H groups in total. The van der Waals surface area contributed by atoms with Crippen LogP contribution in [0.3, 0.4) is 0 Å². The molecule has 0 aliphatic heterocycles. The van der Waals surface area contributed by atoms with Gasteiger partial charge in [-0.05, 0) is 48.6 Å². The van der Waals surface area contributed by atoms with E-state index in [0.717, 1.165) is 24.8 Å². The predicted molar refractivity (Wildman–Crippen MR) is 100 cm³/mol. The minimum Gasteiger partial charge on any atom is -0.352 e. The van der Waals surface area contributed by atoms with Gasteiger partial charge in [-0.2, -0.15) is 0 Å². The average Bonchev–Trinajstić information content (AvgIpc) is 3.06. The van der Waals surface area contributed by atoms with Crippen molar-refractivity contribution in [2.24, 2.45) is 11.7 Å². The molecule has 26 heavy (non-hydrogen) atoms. The van der Waals surface area contributed by atoms with Gasteiger partial charge in [0.05, 0.1) is 5.56 Å². The van der Waals surface area contributed by atoms with Crippen molar-refractivity contribution in [1.29, 1.82) is 0 Å². The Morgan fingerprint density at radius 1 is 1.15 bits per heavy atom.